The molecule has 0 saturated carbocycles. The van der Waals surface area contributed by atoms with Gasteiger partial charge in [-0.05, 0) is 0 Å². The maximum Gasteiger partial charge on any atom is -0.147 e. The minimum absolute atomic E-state index is 0. The summed E-state index contributed by atoms with van der Waals surface area (Å²) in [6.07, 6.45) is 5.88. The van der Waals surface area contributed by atoms with Crippen LogP contribution in [-0.4, -0.2) is 7.63 Å². The molecule has 0 bridgehead atoms. The molecule has 0 amide bonds. The van der Waals surface area contributed by atoms with Crippen LogP contribution in [0.2, 0.25) is 4.73 Å². The van der Waals surface area contributed by atoms with E-state index in [9.17, 15) is 0 Å². The van der Waals surface area contributed by atoms with Crippen molar-refractivity contribution < 1.29 is 13.0 Å². The van der Waals surface area contributed by atoms with Crippen molar-refractivity contribution in [1.29, 1.82) is 0 Å². The van der Waals surface area contributed by atoms with Gasteiger partial charge in [0.15, 0.2) is 0 Å². The van der Waals surface area contributed by atoms with E-state index in [1.54, 1.807) is 0 Å². The van der Waals surface area contributed by atoms with Crippen molar-refractivity contribution in [3.05, 3.63) is 101 Å². The van der Waals surface area contributed by atoms with Crippen LogP contribution in [-0.2, 0) is 13.0 Å². The molecule has 0 aromatic heterocycles. The van der Waals surface area contributed by atoms with Crippen LogP contribution in [0.1, 0.15) is 44.0 Å². The zero-order chi connectivity index (χ0) is 19.4. The fourth-order valence-corrected chi connectivity index (χ4v) is 21.8. The summed E-state index contributed by atoms with van der Waals surface area (Å²) in [6.45, 7) is 2.30. The summed E-state index contributed by atoms with van der Waals surface area (Å²) in [6, 6.07) is 26.8. The Morgan fingerprint density at radius 1 is 0.800 bits per heavy atom. The molecule has 0 heterocycles. The van der Waals surface area contributed by atoms with Gasteiger partial charge in [-0.25, -0.2) is 0 Å². The molecule has 0 saturated heterocycles. The van der Waals surface area contributed by atoms with Crippen molar-refractivity contribution in [2.45, 2.75) is 26.5 Å². The molecule has 30 heavy (non-hydrogen) atoms. The Hall–Kier alpha value is -0.799. The zero-order valence-corrected chi connectivity index (χ0v) is 22.4. The molecule has 0 fully saturated rings. The molecule has 2 aliphatic carbocycles. The van der Waals surface area contributed by atoms with Gasteiger partial charge in [-0.15, -0.1) is 24.8 Å². The van der Waals surface area contributed by atoms with E-state index in [2.05, 4.69) is 99.5 Å². The fraction of sp³-hybridized carbons (Fsp3) is 0.200. The largest absolute Gasteiger partial charge is 0.147 e. The van der Waals surface area contributed by atoms with Crippen LogP contribution in [0, 0.1) is 0 Å². The molecule has 1 unspecified atom stereocenters. The maximum absolute atomic E-state index is 8.14. The van der Waals surface area contributed by atoms with E-state index in [4.69, 9.17) is 9.30 Å². The van der Waals surface area contributed by atoms with Crippen LogP contribution in [0.4, 0.5) is 0 Å². The Balaban J connectivity index is 0.00000128. The topological polar surface area (TPSA) is 0 Å². The number of halogens is 3. The smallest absolute Gasteiger partial charge is 0.147 e. The van der Waals surface area contributed by atoms with Crippen LogP contribution >= 0.6 is 34.1 Å². The second kappa shape index (κ2) is 8.62. The van der Waals surface area contributed by atoms with Gasteiger partial charge >= 0.3 is 175 Å². The van der Waals surface area contributed by atoms with Crippen LogP contribution in [0.3, 0.4) is 0 Å². The minimum Gasteiger partial charge on any atom is -0.147 e. The molecule has 3 aromatic carbocycles. The quantitative estimate of drug-likeness (QED) is 0.318. The van der Waals surface area contributed by atoms with Crippen molar-refractivity contribution in [1.82, 2.24) is 0 Å². The Labute approximate surface area is 198 Å². The number of hydrogen-bond donors (Lipinski definition) is 0. The molecule has 0 aliphatic heterocycles. The SMILES string of the molecule is CC[CH2][Ti](=[SiH2])([Cl])([CH]1C=Cc2ccccc21)[CH]1c2ccccc2-c2ccccc21.Cl.Cl. The molecule has 5 heteroatoms. The van der Waals surface area contributed by atoms with Gasteiger partial charge < -0.3 is 0 Å². The van der Waals surface area contributed by atoms with Gasteiger partial charge in [-0.1, -0.05) is 0 Å². The third kappa shape index (κ3) is 3.39. The molecular formula is C25H27Cl3SiTi. The molecule has 5 rings (SSSR count). The third-order valence-electron chi connectivity index (χ3n) is 6.86. The summed E-state index contributed by atoms with van der Waals surface area (Å²) in [5.41, 5.74) is 8.48. The Bertz CT molecular complexity index is 1140. The predicted molar refractivity (Wildman–Crippen MR) is 136 cm³/mol. The van der Waals surface area contributed by atoms with E-state index in [0.29, 0.717) is 8.45 Å². The van der Waals surface area contributed by atoms with Gasteiger partial charge in [-0.3, -0.25) is 0 Å². The molecule has 0 nitrogen and oxygen atoms in total. The van der Waals surface area contributed by atoms with Crippen molar-refractivity contribution in [3.63, 3.8) is 0 Å². The standard InChI is InChI=1S/C13H9.C9H7.C3H7.3ClH.H2Si.Ti/c1-3-7-12-10(5-1)9-11-6-2-4-8-13(11)12;1-2-5-9-7-3-6-8(9)4-1;1-3-2;;;;;/h1-9H;1-7H;1,3H2,2H3;3*1H;1H2;/q;;;;;;;+1/p-1. The first-order chi connectivity index (χ1) is 13.5. The number of fused-ring (bicyclic) bond motifs is 4. The summed E-state index contributed by atoms with van der Waals surface area (Å²) in [7, 11) is 10.4. The van der Waals surface area contributed by atoms with Crippen molar-refractivity contribution >= 4 is 47.8 Å². The number of rotatable bonds is 4. The maximum atomic E-state index is 8.14. The number of benzene rings is 3. The summed E-state index contributed by atoms with van der Waals surface area (Å²) < 4.78 is 1.87. The third-order valence-corrected chi connectivity index (χ3v) is 23.2. The second-order valence-electron chi connectivity index (χ2n) is 8.54. The van der Waals surface area contributed by atoms with Crippen molar-refractivity contribution in [3.8, 4) is 11.1 Å². The Kier molecular flexibility index (Phi) is 6.85. The van der Waals surface area contributed by atoms with E-state index in [1.807, 2.05) is 0 Å². The minimum atomic E-state index is -3.62. The molecular weight excluding hydrogens is 483 g/mol. The molecule has 0 N–H and O–H groups in total. The normalized spacial score (nSPS) is 16.8. The second-order valence-corrected chi connectivity index (χ2v) is 29.3. The summed E-state index contributed by atoms with van der Waals surface area (Å²) in [5.74, 6) is 0. The summed E-state index contributed by atoms with van der Waals surface area (Å²) in [4.78, 5) is 0. The van der Waals surface area contributed by atoms with Crippen molar-refractivity contribution in [2.24, 2.45) is 0 Å². The Morgan fingerprint density at radius 3 is 1.87 bits per heavy atom. The van der Waals surface area contributed by atoms with Gasteiger partial charge in [0.1, 0.15) is 0 Å². The average Bonchev–Trinajstić information content (AvgIpc) is 3.29. The molecule has 156 valence electrons. The van der Waals surface area contributed by atoms with E-state index < -0.39 is 13.0 Å². The molecule has 0 spiro atoms. The van der Waals surface area contributed by atoms with Crippen LogP contribution < -0.4 is 0 Å². The van der Waals surface area contributed by atoms with Gasteiger partial charge in [0.05, 0.1) is 0 Å². The van der Waals surface area contributed by atoms with Crippen LogP contribution in [0.5, 0.6) is 0 Å². The first-order valence-electron chi connectivity index (χ1n) is 10.2. The first-order valence-corrected chi connectivity index (χ1v) is 19.3. The van der Waals surface area contributed by atoms with Gasteiger partial charge in [0.25, 0.3) is 0 Å². The fourth-order valence-electron chi connectivity index (χ4n) is 5.78. The first kappa shape index (κ1) is 23.9. The van der Waals surface area contributed by atoms with Crippen molar-refractivity contribution in [2.75, 3.05) is 0 Å². The van der Waals surface area contributed by atoms with E-state index in [0.717, 1.165) is 11.1 Å². The van der Waals surface area contributed by atoms with Crippen LogP contribution in [0.25, 0.3) is 17.2 Å². The zero-order valence-electron chi connectivity index (χ0n) is 17.1. The van der Waals surface area contributed by atoms with Gasteiger partial charge in [0, 0.05) is 0 Å². The predicted octanol–water partition coefficient (Wildman–Crippen LogP) is 7.59. The molecule has 2 aliphatic rings. The van der Waals surface area contributed by atoms with E-state index in [-0.39, 0.29) is 24.8 Å². The summed E-state index contributed by atoms with van der Waals surface area (Å²) in [5, 5.41) is 0. The Morgan fingerprint density at radius 2 is 1.30 bits per heavy atom. The van der Waals surface area contributed by atoms with Gasteiger partial charge in [0.2, 0.25) is 0 Å². The van der Waals surface area contributed by atoms with Gasteiger partial charge in [-0.2, -0.15) is 0 Å². The average molecular weight is 510 g/mol. The molecule has 1 atom stereocenters. The van der Waals surface area contributed by atoms with E-state index in [1.165, 1.54) is 33.4 Å². The number of hydrogen-bond acceptors (Lipinski definition) is 0. The number of allylic oxidation sites excluding steroid dienone is 1. The summed E-state index contributed by atoms with van der Waals surface area (Å²) >= 11 is -3.62. The monoisotopic (exact) mass is 508 g/mol. The molecule has 0 radical (unpaired) electrons. The molecule has 3 aromatic rings. The van der Waals surface area contributed by atoms with Crippen LogP contribution in [0.15, 0.2) is 78.9 Å². The van der Waals surface area contributed by atoms with E-state index >= 15 is 0 Å².